The molecule has 2 rings (SSSR count). The molecule has 0 saturated carbocycles. The predicted octanol–water partition coefficient (Wildman–Crippen LogP) is 3.17. The minimum atomic E-state index is -0.190. The van der Waals surface area contributed by atoms with E-state index in [9.17, 15) is 4.79 Å². The molecule has 21 heavy (non-hydrogen) atoms. The number of nitrogens with one attached hydrogen (secondary N) is 1. The summed E-state index contributed by atoms with van der Waals surface area (Å²) in [5.74, 6) is -0.0275. The number of halogens is 1. The number of anilines is 1. The standard InChI is InChI=1S/C16H23ClN2O2/c1-3-21-13-7-6-10-19(11-13)12(2)16(20)18-15-9-5-4-8-14(15)17/h4-5,8-9,12-13H,3,6-7,10-11H2,1-2H3,(H,18,20). The van der Waals surface area contributed by atoms with Crippen LogP contribution < -0.4 is 5.32 Å². The molecule has 1 aliphatic rings. The molecule has 2 unspecified atom stereocenters. The van der Waals surface area contributed by atoms with Crippen molar-refractivity contribution >= 4 is 23.2 Å². The van der Waals surface area contributed by atoms with Crippen molar-refractivity contribution in [3.05, 3.63) is 29.3 Å². The molecule has 0 aliphatic carbocycles. The minimum absolute atomic E-state index is 0.0275. The maximum atomic E-state index is 12.4. The molecular formula is C16H23ClN2O2. The number of hydrogen-bond donors (Lipinski definition) is 1. The van der Waals surface area contributed by atoms with Gasteiger partial charge in [-0.2, -0.15) is 0 Å². The monoisotopic (exact) mass is 310 g/mol. The fourth-order valence-corrected chi connectivity index (χ4v) is 2.84. The molecule has 2 atom stereocenters. The highest BCUT2D eigenvalue weighted by atomic mass is 35.5. The average molecular weight is 311 g/mol. The number of nitrogens with zero attached hydrogens (tertiary/aromatic N) is 1. The Kier molecular flexibility index (Phi) is 6.03. The van der Waals surface area contributed by atoms with E-state index in [1.807, 2.05) is 32.0 Å². The van der Waals surface area contributed by atoms with Crippen LogP contribution in [-0.4, -0.2) is 42.6 Å². The second kappa shape index (κ2) is 7.78. The van der Waals surface area contributed by atoms with E-state index in [0.29, 0.717) is 10.7 Å². The molecule has 0 radical (unpaired) electrons. The van der Waals surface area contributed by atoms with E-state index >= 15 is 0 Å². The number of benzene rings is 1. The lowest BCUT2D eigenvalue weighted by atomic mass is 10.1. The van der Waals surface area contributed by atoms with Gasteiger partial charge in [0, 0.05) is 13.2 Å². The van der Waals surface area contributed by atoms with Crippen molar-refractivity contribution in [2.75, 3.05) is 25.0 Å². The zero-order valence-electron chi connectivity index (χ0n) is 12.6. The first-order chi connectivity index (χ1) is 10.1. The van der Waals surface area contributed by atoms with E-state index in [0.717, 1.165) is 32.5 Å². The van der Waals surface area contributed by atoms with Crippen molar-refractivity contribution in [3.63, 3.8) is 0 Å². The van der Waals surface area contributed by atoms with Gasteiger partial charge >= 0.3 is 0 Å². The normalized spacial score (nSPS) is 21.0. The maximum Gasteiger partial charge on any atom is 0.241 e. The van der Waals surface area contributed by atoms with Crippen molar-refractivity contribution in [3.8, 4) is 0 Å². The Morgan fingerprint density at radius 3 is 3.00 bits per heavy atom. The molecule has 1 aliphatic heterocycles. The van der Waals surface area contributed by atoms with Crippen molar-refractivity contribution < 1.29 is 9.53 Å². The Balaban J connectivity index is 1.94. The first-order valence-electron chi connectivity index (χ1n) is 7.53. The van der Waals surface area contributed by atoms with Gasteiger partial charge in [-0.1, -0.05) is 23.7 Å². The highest BCUT2D eigenvalue weighted by molar-refractivity contribution is 6.33. The number of ether oxygens (including phenoxy) is 1. The van der Waals surface area contributed by atoms with Gasteiger partial charge in [-0.3, -0.25) is 9.69 Å². The second-order valence-corrected chi connectivity index (χ2v) is 5.77. The number of likely N-dealkylation sites (tertiary alicyclic amines) is 1. The summed E-state index contributed by atoms with van der Waals surface area (Å²) in [6.45, 7) is 6.40. The topological polar surface area (TPSA) is 41.6 Å². The highest BCUT2D eigenvalue weighted by Gasteiger charge is 2.27. The van der Waals surface area contributed by atoms with Crippen LogP contribution >= 0.6 is 11.6 Å². The van der Waals surface area contributed by atoms with E-state index in [2.05, 4.69) is 10.2 Å². The van der Waals surface area contributed by atoms with Crippen molar-refractivity contribution in [1.29, 1.82) is 0 Å². The average Bonchev–Trinajstić information content (AvgIpc) is 2.49. The number of piperidine rings is 1. The van der Waals surface area contributed by atoms with Crippen molar-refractivity contribution in [1.82, 2.24) is 4.90 Å². The molecule has 0 aromatic heterocycles. The summed E-state index contributed by atoms with van der Waals surface area (Å²) in [6.07, 6.45) is 2.37. The van der Waals surface area contributed by atoms with Gasteiger partial charge < -0.3 is 10.1 Å². The third-order valence-corrected chi connectivity index (χ3v) is 4.20. The van der Waals surface area contributed by atoms with Gasteiger partial charge in [-0.05, 0) is 45.4 Å². The molecule has 0 bridgehead atoms. The van der Waals surface area contributed by atoms with Crippen molar-refractivity contribution in [2.24, 2.45) is 0 Å². The molecule has 1 fully saturated rings. The Hall–Kier alpha value is -1.10. The van der Waals surface area contributed by atoms with Crippen LogP contribution in [-0.2, 0) is 9.53 Å². The fraction of sp³-hybridized carbons (Fsp3) is 0.562. The Labute approximate surface area is 131 Å². The number of carbonyl (C=O) groups excluding carboxylic acids is 1. The highest BCUT2D eigenvalue weighted by Crippen LogP contribution is 2.22. The number of para-hydroxylation sites is 1. The molecule has 1 heterocycles. The lowest BCUT2D eigenvalue weighted by molar-refractivity contribution is -0.122. The Morgan fingerprint density at radius 1 is 1.52 bits per heavy atom. The molecule has 1 N–H and O–H groups in total. The van der Waals surface area contributed by atoms with E-state index < -0.39 is 0 Å². The van der Waals surface area contributed by atoms with Crippen LogP contribution in [0.4, 0.5) is 5.69 Å². The van der Waals surface area contributed by atoms with Crippen LogP contribution in [0.2, 0.25) is 5.02 Å². The Bertz CT molecular complexity index is 479. The first-order valence-corrected chi connectivity index (χ1v) is 7.90. The zero-order chi connectivity index (χ0) is 15.2. The molecular weight excluding hydrogens is 288 g/mol. The molecule has 0 spiro atoms. The fourth-order valence-electron chi connectivity index (χ4n) is 2.66. The SMILES string of the molecule is CCOC1CCCN(C(C)C(=O)Nc2ccccc2Cl)C1. The molecule has 1 aromatic rings. The molecule has 116 valence electrons. The van der Waals surface area contributed by atoms with Gasteiger partial charge in [0.15, 0.2) is 0 Å². The quantitative estimate of drug-likeness (QED) is 0.908. The number of rotatable bonds is 5. The summed E-state index contributed by atoms with van der Waals surface area (Å²) in [5.41, 5.74) is 0.661. The summed E-state index contributed by atoms with van der Waals surface area (Å²) >= 11 is 6.07. The lowest BCUT2D eigenvalue weighted by Crippen LogP contribution is -2.49. The van der Waals surface area contributed by atoms with Gasteiger partial charge in [-0.25, -0.2) is 0 Å². The van der Waals surface area contributed by atoms with Crippen LogP contribution in [0, 0.1) is 0 Å². The summed E-state index contributed by atoms with van der Waals surface area (Å²) in [6, 6.07) is 7.10. The second-order valence-electron chi connectivity index (χ2n) is 5.36. The van der Waals surface area contributed by atoms with Crippen molar-refractivity contribution in [2.45, 2.75) is 38.8 Å². The van der Waals surface area contributed by atoms with Crippen LogP contribution in [0.25, 0.3) is 0 Å². The van der Waals surface area contributed by atoms with Crippen LogP contribution in [0.3, 0.4) is 0 Å². The van der Waals surface area contributed by atoms with Gasteiger partial charge in [0.25, 0.3) is 0 Å². The van der Waals surface area contributed by atoms with E-state index in [4.69, 9.17) is 16.3 Å². The minimum Gasteiger partial charge on any atom is -0.377 e. The number of amides is 1. The number of carbonyl (C=O) groups is 1. The first kappa shape index (κ1) is 16.3. The maximum absolute atomic E-state index is 12.4. The summed E-state index contributed by atoms with van der Waals surface area (Å²) < 4.78 is 5.69. The van der Waals surface area contributed by atoms with Crippen LogP contribution in [0.15, 0.2) is 24.3 Å². The smallest absolute Gasteiger partial charge is 0.241 e. The third-order valence-electron chi connectivity index (χ3n) is 3.87. The molecule has 1 saturated heterocycles. The molecule has 1 aromatic carbocycles. The summed E-state index contributed by atoms with van der Waals surface area (Å²) in [7, 11) is 0. The largest absolute Gasteiger partial charge is 0.377 e. The number of hydrogen-bond acceptors (Lipinski definition) is 3. The van der Waals surface area contributed by atoms with Gasteiger partial charge in [0.2, 0.25) is 5.91 Å². The summed E-state index contributed by atoms with van der Waals surface area (Å²) in [4.78, 5) is 14.6. The van der Waals surface area contributed by atoms with Gasteiger partial charge in [0.1, 0.15) is 0 Å². The van der Waals surface area contributed by atoms with Crippen LogP contribution in [0.5, 0.6) is 0 Å². The third kappa shape index (κ3) is 4.43. The van der Waals surface area contributed by atoms with E-state index in [-0.39, 0.29) is 18.1 Å². The van der Waals surface area contributed by atoms with E-state index in [1.54, 1.807) is 6.07 Å². The molecule has 1 amide bonds. The summed E-state index contributed by atoms with van der Waals surface area (Å²) in [5, 5.41) is 3.46. The van der Waals surface area contributed by atoms with E-state index in [1.165, 1.54) is 0 Å². The predicted molar refractivity (Wildman–Crippen MR) is 85.8 cm³/mol. The van der Waals surface area contributed by atoms with Gasteiger partial charge in [-0.15, -0.1) is 0 Å². The Morgan fingerprint density at radius 2 is 2.29 bits per heavy atom. The van der Waals surface area contributed by atoms with Gasteiger partial charge in [0.05, 0.1) is 22.9 Å². The molecule has 4 nitrogen and oxygen atoms in total. The lowest BCUT2D eigenvalue weighted by Gasteiger charge is -2.35. The molecule has 5 heteroatoms. The zero-order valence-corrected chi connectivity index (χ0v) is 13.4. The van der Waals surface area contributed by atoms with Crippen LogP contribution in [0.1, 0.15) is 26.7 Å².